The molecule has 2 aromatic rings. The highest BCUT2D eigenvalue weighted by Gasteiger charge is 2.24. The zero-order valence-electron chi connectivity index (χ0n) is 14.6. The Morgan fingerprint density at radius 1 is 1.08 bits per heavy atom. The maximum Gasteiger partial charge on any atom is 0.257 e. The molecule has 0 unspecified atom stereocenters. The van der Waals surface area contributed by atoms with Gasteiger partial charge in [0.1, 0.15) is 22.8 Å². The standard InChI is InChI=1S/C20H20N2O4/c1-13(23)17(20(25)22-12-14-6-4-3-5-7-14)18(21)19(24)15-8-10-16(26-2)11-9-15/h3-11,21,23H,12H2,1-2H3,(H,22,25)/b17-13+,21-18?. The zero-order chi connectivity index (χ0) is 19.1. The van der Waals surface area contributed by atoms with Gasteiger partial charge in [-0.2, -0.15) is 0 Å². The van der Waals surface area contributed by atoms with E-state index in [1.54, 1.807) is 12.1 Å². The van der Waals surface area contributed by atoms with Crippen LogP contribution in [0.15, 0.2) is 65.9 Å². The highest BCUT2D eigenvalue weighted by molar-refractivity contribution is 6.55. The van der Waals surface area contributed by atoms with Crippen LogP contribution in [0.4, 0.5) is 0 Å². The topological polar surface area (TPSA) is 99.5 Å². The fourth-order valence-electron chi connectivity index (χ4n) is 2.33. The normalized spacial score (nSPS) is 11.3. The molecule has 0 radical (unpaired) electrons. The van der Waals surface area contributed by atoms with Gasteiger partial charge in [0.25, 0.3) is 5.91 Å². The minimum absolute atomic E-state index is 0.223. The van der Waals surface area contributed by atoms with Gasteiger partial charge in [-0.05, 0) is 36.8 Å². The number of ketones is 1. The molecule has 6 heteroatoms. The van der Waals surface area contributed by atoms with Crippen molar-refractivity contribution >= 4 is 17.4 Å². The molecule has 0 atom stereocenters. The van der Waals surface area contributed by atoms with Crippen molar-refractivity contribution in [2.45, 2.75) is 13.5 Å². The summed E-state index contributed by atoms with van der Waals surface area (Å²) in [6.45, 7) is 1.49. The second kappa shape index (κ2) is 8.62. The van der Waals surface area contributed by atoms with Crippen molar-refractivity contribution in [1.82, 2.24) is 5.32 Å². The van der Waals surface area contributed by atoms with E-state index in [-0.39, 0.29) is 23.4 Å². The van der Waals surface area contributed by atoms with E-state index in [1.165, 1.54) is 26.2 Å². The van der Waals surface area contributed by atoms with E-state index in [9.17, 15) is 14.7 Å². The number of hydrogen-bond donors (Lipinski definition) is 3. The van der Waals surface area contributed by atoms with E-state index in [1.807, 2.05) is 30.3 Å². The van der Waals surface area contributed by atoms with Gasteiger partial charge in [-0.15, -0.1) is 0 Å². The number of nitrogens with one attached hydrogen (secondary N) is 2. The SMILES string of the molecule is COc1ccc(C(=O)C(=N)/C(C(=O)NCc2ccccc2)=C(/C)O)cc1. The van der Waals surface area contributed by atoms with Gasteiger partial charge in [-0.3, -0.25) is 15.0 Å². The lowest BCUT2D eigenvalue weighted by Crippen LogP contribution is -2.32. The molecule has 0 saturated carbocycles. The van der Waals surface area contributed by atoms with Gasteiger partial charge >= 0.3 is 0 Å². The maximum absolute atomic E-state index is 12.5. The second-order valence-corrected chi connectivity index (χ2v) is 5.56. The van der Waals surface area contributed by atoms with Crippen LogP contribution in [0.3, 0.4) is 0 Å². The number of benzene rings is 2. The first kappa shape index (κ1) is 18.9. The zero-order valence-corrected chi connectivity index (χ0v) is 14.6. The number of carbonyl (C=O) groups is 2. The van der Waals surface area contributed by atoms with Crippen LogP contribution in [-0.2, 0) is 11.3 Å². The van der Waals surface area contributed by atoms with Crippen molar-refractivity contribution in [2.24, 2.45) is 0 Å². The third-order valence-corrected chi connectivity index (χ3v) is 3.71. The van der Waals surface area contributed by atoms with E-state index in [4.69, 9.17) is 10.1 Å². The molecular weight excluding hydrogens is 332 g/mol. The van der Waals surface area contributed by atoms with Crippen LogP contribution in [-0.4, -0.2) is 29.6 Å². The van der Waals surface area contributed by atoms with Gasteiger partial charge in [-0.25, -0.2) is 0 Å². The molecule has 0 spiro atoms. The molecule has 2 aromatic carbocycles. The number of ether oxygens (including phenoxy) is 1. The molecule has 1 amide bonds. The number of hydrogen-bond acceptors (Lipinski definition) is 5. The van der Waals surface area contributed by atoms with Crippen LogP contribution in [0.5, 0.6) is 5.75 Å². The largest absolute Gasteiger partial charge is 0.512 e. The van der Waals surface area contributed by atoms with Crippen LogP contribution in [0.1, 0.15) is 22.8 Å². The van der Waals surface area contributed by atoms with E-state index in [0.717, 1.165) is 5.56 Å². The number of aliphatic hydroxyl groups excluding tert-OH is 1. The molecule has 0 bridgehead atoms. The minimum Gasteiger partial charge on any atom is -0.512 e. The molecule has 3 N–H and O–H groups in total. The van der Waals surface area contributed by atoms with Gasteiger partial charge in [-0.1, -0.05) is 30.3 Å². The molecule has 0 aliphatic rings. The van der Waals surface area contributed by atoms with Crippen LogP contribution in [0, 0.1) is 5.41 Å². The number of carbonyl (C=O) groups excluding carboxylic acids is 2. The minimum atomic E-state index is -0.680. The predicted molar refractivity (Wildman–Crippen MR) is 98.7 cm³/mol. The van der Waals surface area contributed by atoms with Crippen molar-refractivity contribution in [3.05, 3.63) is 77.1 Å². The third kappa shape index (κ3) is 4.57. The monoisotopic (exact) mass is 352 g/mol. The number of aliphatic hydroxyl groups is 1. The lowest BCUT2D eigenvalue weighted by atomic mass is 9.99. The number of methoxy groups -OCH3 is 1. The second-order valence-electron chi connectivity index (χ2n) is 5.56. The number of amides is 1. The van der Waals surface area contributed by atoms with Crippen molar-refractivity contribution in [2.75, 3.05) is 7.11 Å². The first-order valence-corrected chi connectivity index (χ1v) is 7.93. The van der Waals surface area contributed by atoms with E-state index >= 15 is 0 Å². The Hall–Kier alpha value is -3.41. The molecule has 134 valence electrons. The van der Waals surface area contributed by atoms with Gasteiger partial charge in [0.15, 0.2) is 0 Å². The Balaban J connectivity index is 2.14. The summed E-state index contributed by atoms with van der Waals surface area (Å²) in [5, 5.41) is 20.5. The Morgan fingerprint density at radius 2 is 1.69 bits per heavy atom. The molecule has 0 saturated heterocycles. The summed E-state index contributed by atoms with van der Waals surface area (Å²) < 4.78 is 5.03. The molecule has 6 nitrogen and oxygen atoms in total. The first-order valence-electron chi connectivity index (χ1n) is 7.93. The predicted octanol–water partition coefficient (Wildman–Crippen LogP) is 3.05. The lowest BCUT2D eigenvalue weighted by molar-refractivity contribution is -0.117. The van der Waals surface area contributed by atoms with Gasteiger partial charge in [0.05, 0.1) is 7.11 Å². The Bertz CT molecular complexity index is 836. The molecule has 0 aliphatic heterocycles. The fourth-order valence-corrected chi connectivity index (χ4v) is 2.33. The lowest BCUT2D eigenvalue weighted by Gasteiger charge is -2.11. The highest BCUT2D eigenvalue weighted by atomic mass is 16.5. The number of allylic oxidation sites excluding steroid dienone is 1. The molecule has 0 aromatic heterocycles. The Labute approximate surface area is 151 Å². The molecule has 0 aliphatic carbocycles. The summed E-state index contributed by atoms with van der Waals surface area (Å²) in [4.78, 5) is 24.9. The van der Waals surface area contributed by atoms with E-state index in [0.29, 0.717) is 5.75 Å². The summed E-state index contributed by atoms with van der Waals surface area (Å²) >= 11 is 0. The van der Waals surface area contributed by atoms with Gasteiger partial charge in [0.2, 0.25) is 5.78 Å². The number of Topliss-reactive ketones (excluding diaryl/α,β-unsaturated/α-hetero) is 1. The quantitative estimate of drug-likeness (QED) is 0.309. The average Bonchev–Trinajstić information content (AvgIpc) is 2.66. The average molecular weight is 352 g/mol. The van der Waals surface area contributed by atoms with E-state index in [2.05, 4.69) is 5.32 Å². The molecule has 0 heterocycles. The molecular formula is C20H20N2O4. The summed E-state index contributed by atoms with van der Waals surface area (Å²) in [5.41, 5.74) is 0.177. The highest BCUT2D eigenvalue weighted by Crippen LogP contribution is 2.15. The van der Waals surface area contributed by atoms with E-state index < -0.39 is 17.4 Å². The van der Waals surface area contributed by atoms with Crippen molar-refractivity contribution < 1.29 is 19.4 Å². The smallest absolute Gasteiger partial charge is 0.257 e. The van der Waals surface area contributed by atoms with Gasteiger partial charge in [0, 0.05) is 12.1 Å². The van der Waals surface area contributed by atoms with Gasteiger partial charge < -0.3 is 15.2 Å². The summed E-state index contributed by atoms with van der Waals surface area (Å²) in [5.74, 6) is -1.16. The Kier molecular flexibility index (Phi) is 6.27. The Morgan fingerprint density at radius 3 is 2.23 bits per heavy atom. The van der Waals surface area contributed by atoms with Crippen LogP contribution < -0.4 is 10.1 Å². The summed E-state index contributed by atoms with van der Waals surface area (Å²) in [6, 6.07) is 15.4. The summed E-state index contributed by atoms with van der Waals surface area (Å²) in [7, 11) is 1.51. The van der Waals surface area contributed by atoms with Crippen LogP contribution in [0.2, 0.25) is 0 Å². The van der Waals surface area contributed by atoms with Crippen molar-refractivity contribution in [3.63, 3.8) is 0 Å². The van der Waals surface area contributed by atoms with Crippen molar-refractivity contribution in [1.29, 1.82) is 5.41 Å². The van der Waals surface area contributed by atoms with Crippen LogP contribution >= 0.6 is 0 Å². The first-order chi connectivity index (χ1) is 12.4. The summed E-state index contributed by atoms with van der Waals surface area (Å²) in [6.07, 6.45) is 0. The third-order valence-electron chi connectivity index (χ3n) is 3.71. The van der Waals surface area contributed by atoms with Crippen molar-refractivity contribution in [3.8, 4) is 5.75 Å². The molecule has 0 fully saturated rings. The maximum atomic E-state index is 12.5. The molecule has 2 rings (SSSR count). The fraction of sp³-hybridized carbons (Fsp3) is 0.150. The van der Waals surface area contributed by atoms with Crippen LogP contribution in [0.25, 0.3) is 0 Å². The number of rotatable bonds is 7. The molecule has 26 heavy (non-hydrogen) atoms.